The summed E-state index contributed by atoms with van der Waals surface area (Å²) >= 11 is 0. The minimum absolute atomic E-state index is 0.266. The second-order valence-electron chi connectivity index (χ2n) is 5.51. The summed E-state index contributed by atoms with van der Waals surface area (Å²) in [5.74, 6) is 0.413. The number of benzene rings is 1. The number of nitrogens with one attached hydrogen (secondary N) is 1. The maximum Gasteiger partial charge on any atom is 0.120 e. The van der Waals surface area contributed by atoms with Crippen LogP contribution in [0.3, 0.4) is 0 Å². The van der Waals surface area contributed by atoms with E-state index in [0.29, 0.717) is 17.8 Å². The van der Waals surface area contributed by atoms with Crippen LogP contribution in [0.2, 0.25) is 0 Å². The van der Waals surface area contributed by atoms with Crippen LogP contribution in [0.1, 0.15) is 45.2 Å². The lowest BCUT2D eigenvalue weighted by atomic mass is 9.98. The smallest absolute Gasteiger partial charge is 0.120 e. The van der Waals surface area contributed by atoms with E-state index in [1.54, 1.807) is 6.07 Å². The van der Waals surface area contributed by atoms with E-state index in [1.165, 1.54) is 0 Å². The number of hydrogen-bond acceptors (Lipinski definition) is 3. The van der Waals surface area contributed by atoms with Crippen LogP contribution in [-0.2, 0) is 0 Å². The van der Waals surface area contributed by atoms with Gasteiger partial charge in [-0.25, -0.2) is 0 Å². The van der Waals surface area contributed by atoms with Crippen LogP contribution in [0.25, 0.3) is 0 Å². The molecule has 1 heterocycles. The first-order chi connectivity index (χ1) is 9.17. The summed E-state index contributed by atoms with van der Waals surface area (Å²) in [5.41, 5.74) is 1.04. The molecule has 0 saturated carbocycles. The molecule has 3 nitrogen and oxygen atoms in total. The maximum atomic E-state index is 10.1. The number of aromatic hydroxyl groups is 1. The maximum absolute atomic E-state index is 10.1. The zero-order valence-electron chi connectivity index (χ0n) is 12.3. The molecule has 0 spiro atoms. The SMILES string of the molecule is CCC1CN(C(C)c2ccccc2O)C(CC)CN1. The van der Waals surface area contributed by atoms with Crippen LogP contribution in [0.4, 0.5) is 0 Å². The number of para-hydroxylation sites is 1. The van der Waals surface area contributed by atoms with E-state index in [2.05, 4.69) is 31.0 Å². The molecular weight excluding hydrogens is 236 g/mol. The van der Waals surface area contributed by atoms with Crippen molar-refractivity contribution >= 4 is 0 Å². The van der Waals surface area contributed by atoms with Crippen LogP contribution >= 0.6 is 0 Å². The monoisotopic (exact) mass is 262 g/mol. The summed E-state index contributed by atoms with van der Waals surface area (Å²) in [5, 5.41) is 13.7. The fraction of sp³-hybridized carbons (Fsp3) is 0.625. The predicted molar refractivity (Wildman–Crippen MR) is 79.4 cm³/mol. The highest BCUT2D eigenvalue weighted by molar-refractivity contribution is 5.34. The van der Waals surface area contributed by atoms with Crippen molar-refractivity contribution in [3.05, 3.63) is 29.8 Å². The van der Waals surface area contributed by atoms with Crippen LogP contribution in [0.15, 0.2) is 24.3 Å². The van der Waals surface area contributed by atoms with Gasteiger partial charge in [-0.05, 0) is 25.8 Å². The second kappa shape index (κ2) is 6.40. The Labute approximate surface area is 116 Å². The lowest BCUT2D eigenvalue weighted by Crippen LogP contribution is -2.56. The van der Waals surface area contributed by atoms with Crippen molar-refractivity contribution in [3.63, 3.8) is 0 Å². The summed E-state index contributed by atoms with van der Waals surface area (Å²) < 4.78 is 0. The van der Waals surface area contributed by atoms with Gasteiger partial charge in [-0.2, -0.15) is 0 Å². The topological polar surface area (TPSA) is 35.5 Å². The number of hydrogen-bond donors (Lipinski definition) is 2. The van der Waals surface area contributed by atoms with Crippen molar-refractivity contribution < 1.29 is 5.11 Å². The van der Waals surface area contributed by atoms with Crippen molar-refractivity contribution in [2.75, 3.05) is 13.1 Å². The van der Waals surface area contributed by atoms with Crippen LogP contribution in [-0.4, -0.2) is 35.2 Å². The fourth-order valence-electron chi connectivity index (χ4n) is 3.03. The Bertz CT molecular complexity index is 407. The largest absolute Gasteiger partial charge is 0.508 e. The highest BCUT2D eigenvalue weighted by atomic mass is 16.3. The number of phenols is 1. The van der Waals surface area contributed by atoms with Gasteiger partial charge in [-0.3, -0.25) is 4.90 Å². The minimum Gasteiger partial charge on any atom is -0.508 e. The van der Waals surface area contributed by atoms with Gasteiger partial charge in [-0.15, -0.1) is 0 Å². The summed E-state index contributed by atoms with van der Waals surface area (Å²) in [6, 6.07) is 9.10. The number of rotatable bonds is 4. The second-order valence-corrected chi connectivity index (χ2v) is 5.51. The number of nitrogens with zero attached hydrogens (tertiary/aromatic N) is 1. The zero-order chi connectivity index (χ0) is 13.8. The van der Waals surface area contributed by atoms with Gasteiger partial charge in [0.25, 0.3) is 0 Å². The lowest BCUT2D eigenvalue weighted by Gasteiger charge is -2.43. The van der Waals surface area contributed by atoms with E-state index in [1.807, 2.05) is 18.2 Å². The molecule has 0 radical (unpaired) electrons. The molecule has 2 rings (SSSR count). The van der Waals surface area contributed by atoms with Crippen molar-refractivity contribution in [1.29, 1.82) is 0 Å². The Balaban J connectivity index is 2.19. The van der Waals surface area contributed by atoms with E-state index >= 15 is 0 Å². The minimum atomic E-state index is 0.266. The van der Waals surface area contributed by atoms with Gasteiger partial charge in [0, 0.05) is 36.8 Å². The summed E-state index contributed by atoms with van der Waals surface area (Å²) in [7, 11) is 0. The molecule has 1 aromatic rings. The Kier molecular flexibility index (Phi) is 4.83. The van der Waals surface area contributed by atoms with E-state index in [-0.39, 0.29) is 6.04 Å². The molecule has 0 aromatic heterocycles. The van der Waals surface area contributed by atoms with Crippen molar-refractivity contribution in [2.45, 2.75) is 51.7 Å². The first kappa shape index (κ1) is 14.4. The number of piperazine rings is 1. The average molecular weight is 262 g/mol. The Morgan fingerprint density at radius 1 is 1.32 bits per heavy atom. The quantitative estimate of drug-likeness (QED) is 0.876. The molecule has 1 aliphatic heterocycles. The lowest BCUT2D eigenvalue weighted by molar-refractivity contribution is 0.0839. The van der Waals surface area contributed by atoms with E-state index < -0.39 is 0 Å². The van der Waals surface area contributed by atoms with Gasteiger partial charge in [0.2, 0.25) is 0 Å². The molecule has 1 saturated heterocycles. The first-order valence-electron chi connectivity index (χ1n) is 7.44. The Morgan fingerprint density at radius 2 is 2.05 bits per heavy atom. The molecule has 3 heteroatoms. The average Bonchev–Trinajstić information content (AvgIpc) is 2.46. The molecule has 1 fully saturated rings. The van der Waals surface area contributed by atoms with Crippen molar-refractivity contribution in [2.24, 2.45) is 0 Å². The molecule has 1 aliphatic rings. The molecule has 2 N–H and O–H groups in total. The Hall–Kier alpha value is -1.06. The third-order valence-corrected chi connectivity index (χ3v) is 4.39. The van der Waals surface area contributed by atoms with Crippen LogP contribution < -0.4 is 5.32 Å². The molecule has 0 bridgehead atoms. The standard InChI is InChI=1S/C16H26N2O/c1-4-13-11-18(14(5-2)10-17-13)12(3)15-8-6-7-9-16(15)19/h6-9,12-14,17,19H,4-5,10-11H2,1-3H3. The van der Waals surface area contributed by atoms with Gasteiger partial charge in [0.05, 0.1) is 0 Å². The fourth-order valence-corrected chi connectivity index (χ4v) is 3.03. The van der Waals surface area contributed by atoms with Crippen LogP contribution in [0.5, 0.6) is 5.75 Å². The third kappa shape index (κ3) is 3.10. The first-order valence-corrected chi connectivity index (χ1v) is 7.44. The highest BCUT2D eigenvalue weighted by Crippen LogP contribution is 2.31. The summed E-state index contributed by atoms with van der Waals surface area (Å²) in [6.45, 7) is 8.78. The molecule has 106 valence electrons. The highest BCUT2D eigenvalue weighted by Gasteiger charge is 2.30. The van der Waals surface area contributed by atoms with Gasteiger partial charge in [-0.1, -0.05) is 32.0 Å². The van der Waals surface area contributed by atoms with Gasteiger partial charge >= 0.3 is 0 Å². The van der Waals surface area contributed by atoms with Crippen molar-refractivity contribution in [1.82, 2.24) is 10.2 Å². The van der Waals surface area contributed by atoms with E-state index in [4.69, 9.17) is 0 Å². The van der Waals surface area contributed by atoms with E-state index in [0.717, 1.165) is 31.5 Å². The normalized spacial score (nSPS) is 26.3. The molecule has 3 unspecified atom stereocenters. The zero-order valence-corrected chi connectivity index (χ0v) is 12.3. The Morgan fingerprint density at radius 3 is 2.68 bits per heavy atom. The van der Waals surface area contributed by atoms with Crippen molar-refractivity contribution in [3.8, 4) is 5.75 Å². The van der Waals surface area contributed by atoms with Gasteiger partial charge < -0.3 is 10.4 Å². The number of phenolic OH excluding ortho intramolecular Hbond substituents is 1. The molecule has 19 heavy (non-hydrogen) atoms. The molecule has 3 atom stereocenters. The van der Waals surface area contributed by atoms with Gasteiger partial charge in [0.15, 0.2) is 0 Å². The molecule has 0 amide bonds. The summed E-state index contributed by atoms with van der Waals surface area (Å²) in [4.78, 5) is 2.54. The van der Waals surface area contributed by atoms with E-state index in [9.17, 15) is 5.11 Å². The third-order valence-electron chi connectivity index (χ3n) is 4.39. The van der Waals surface area contributed by atoms with Gasteiger partial charge in [0.1, 0.15) is 5.75 Å². The molecule has 1 aromatic carbocycles. The molecule has 0 aliphatic carbocycles. The van der Waals surface area contributed by atoms with Crippen LogP contribution in [0, 0.1) is 0 Å². The predicted octanol–water partition coefficient (Wildman–Crippen LogP) is 2.92. The molecular formula is C16H26N2O. The summed E-state index contributed by atoms with van der Waals surface area (Å²) in [6.07, 6.45) is 2.29.